The summed E-state index contributed by atoms with van der Waals surface area (Å²) in [7, 11) is 1.57. The van der Waals surface area contributed by atoms with E-state index in [0.29, 0.717) is 23.4 Å². The van der Waals surface area contributed by atoms with Gasteiger partial charge in [0.15, 0.2) is 11.6 Å². The molecular weight excluding hydrogens is 358 g/mol. The van der Waals surface area contributed by atoms with Crippen molar-refractivity contribution in [3.63, 3.8) is 0 Å². The lowest BCUT2D eigenvalue weighted by Crippen LogP contribution is -2.27. The smallest absolute Gasteiger partial charge is 0.241 e. The van der Waals surface area contributed by atoms with Gasteiger partial charge < -0.3 is 4.42 Å². The molecule has 9 heteroatoms. The number of hydroxylamine groups is 1. The van der Waals surface area contributed by atoms with E-state index in [2.05, 4.69) is 30.1 Å². The van der Waals surface area contributed by atoms with Gasteiger partial charge in [0.05, 0.1) is 12.6 Å². The van der Waals surface area contributed by atoms with Crippen LogP contribution in [0.1, 0.15) is 30.3 Å². The first-order valence-electron chi connectivity index (χ1n) is 8.74. The van der Waals surface area contributed by atoms with Gasteiger partial charge in [-0.1, -0.05) is 0 Å². The van der Waals surface area contributed by atoms with E-state index >= 15 is 0 Å². The largest absolute Gasteiger partial charge is 0.423 e. The Bertz CT molecular complexity index is 1110. The van der Waals surface area contributed by atoms with Crippen LogP contribution in [0.4, 0.5) is 5.82 Å². The molecular formula is C19H19N7O2. The fraction of sp³-hybridized carbons (Fsp3) is 0.263. The molecule has 1 aromatic carbocycles. The Morgan fingerprint density at radius 3 is 2.50 bits per heavy atom. The van der Waals surface area contributed by atoms with Crippen LogP contribution in [0, 0.1) is 13.8 Å². The molecule has 0 radical (unpaired) electrons. The average Bonchev–Trinajstić information content (AvgIpc) is 3.15. The molecule has 0 aliphatic carbocycles. The average molecular weight is 377 g/mol. The maximum atomic E-state index is 5.62. The molecule has 0 bridgehead atoms. The van der Waals surface area contributed by atoms with Crippen molar-refractivity contribution in [2.45, 2.75) is 26.8 Å². The van der Waals surface area contributed by atoms with E-state index in [0.717, 1.165) is 22.0 Å². The summed E-state index contributed by atoms with van der Waals surface area (Å²) in [4.78, 5) is 23.2. The highest BCUT2D eigenvalue weighted by atomic mass is 16.7. The minimum Gasteiger partial charge on any atom is -0.423 e. The first-order chi connectivity index (χ1) is 13.6. The number of nitrogens with zero attached hydrogens (tertiary/aromatic N) is 7. The molecule has 0 spiro atoms. The molecule has 3 heterocycles. The topological polar surface area (TPSA) is 103 Å². The Labute approximate surface area is 161 Å². The summed E-state index contributed by atoms with van der Waals surface area (Å²) in [6.07, 6.45) is 5.07. The molecule has 0 amide bonds. The van der Waals surface area contributed by atoms with Crippen LogP contribution in [-0.4, -0.2) is 37.2 Å². The quantitative estimate of drug-likeness (QED) is 0.485. The van der Waals surface area contributed by atoms with Gasteiger partial charge >= 0.3 is 0 Å². The Kier molecular flexibility index (Phi) is 4.66. The number of rotatable bonds is 5. The lowest BCUT2D eigenvalue weighted by molar-refractivity contribution is 0.133. The van der Waals surface area contributed by atoms with Crippen LogP contribution in [0.15, 0.2) is 41.3 Å². The molecule has 0 aliphatic heterocycles. The van der Waals surface area contributed by atoms with Gasteiger partial charge in [0.2, 0.25) is 11.8 Å². The van der Waals surface area contributed by atoms with Crippen molar-refractivity contribution in [3.8, 4) is 11.4 Å². The third-order valence-electron chi connectivity index (χ3n) is 4.31. The summed E-state index contributed by atoms with van der Waals surface area (Å²) in [5, 5.41) is 10.4. The maximum absolute atomic E-state index is 5.62. The highest BCUT2D eigenvalue weighted by molar-refractivity contribution is 5.92. The summed E-state index contributed by atoms with van der Waals surface area (Å²) in [6, 6.07) is 5.45. The van der Waals surface area contributed by atoms with E-state index < -0.39 is 0 Å². The van der Waals surface area contributed by atoms with E-state index in [1.54, 1.807) is 31.5 Å². The van der Waals surface area contributed by atoms with E-state index in [9.17, 15) is 0 Å². The lowest BCUT2D eigenvalue weighted by atomic mass is 10.1. The first kappa shape index (κ1) is 17.9. The van der Waals surface area contributed by atoms with Crippen molar-refractivity contribution in [3.05, 3.63) is 54.3 Å². The molecule has 1 atom stereocenters. The number of benzene rings is 1. The highest BCUT2D eigenvalue weighted by Crippen LogP contribution is 2.32. The van der Waals surface area contributed by atoms with Gasteiger partial charge in [-0.25, -0.2) is 25.0 Å². The lowest BCUT2D eigenvalue weighted by Gasteiger charge is -2.26. The summed E-state index contributed by atoms with van der Waals surface area (Å²) >= 11 is 0. The van der Waals surface area contributed by atoms with Crippen molar-refractivity contribution >= 4 is 16.7 Å². The number of fused-ring (bicyclic) bond motifs is 1. The predicted octanol–water partition coefficient (Wildman–Crippen LogP) is 3.22. The zero-order chi connectivity index (χ0) is 19.7. The van der Waals surface area contributed by atoms with Gasteiger partial charge in [-0.2, -0.15) is 0 Å². The monoisotopic (exact) mass is 377 g/mol. The number of aryl methyl sites for hydroxylation is 2. The van der Waals surface area contributed by atoms with Gasteiger partial charge in [-0.05, 0) is 37.6 Å². The van der Waals surface area contributed by atoms with Crippen molar-refractivity contribution in [2.24, 2.45) is 0 Å². The fourth-order valence-electron chi connectivity index (χ4n) is 2.91. The fourth-order valence-corrected chi connectivity index (χ4v) is 2.91. The normalized spacial score (nSPS) is 12.3. The van der Waals surface area contributed by atoms with E-state index in [1.165, 1.54) is 6.33 Å². The molecule has 0 fully saturated rings. The van der Waals surface area contributed by atoms with E-state index in [4.69, 9.17) is 9.25 Å². The van der Waals surface area contributed by atoms with Gasteiger partial charge in [-0.15, -0.1) is 10.2 Å². The minimum absolute atomic E-state index is 0.344. The summed E-state index contributed by atoms with van der Waals surface area (Å²) in [6.45, 7) is 5.60. The van der Waals surface area contributed by atoms with Crippen LogP contribution in [0.25, 0.3) is 22.3 Å². The SMILES string of the molecule is CON(c1ncnc2ccc(-c3ncc(C)cn3)cc12)[C@H](C)c1nnc(C)o1. The van der Waals surface area contributed by atoms with Gasteiger partial charge in [-0.3, -0.25) is 4.84 Å². The molecule has 3 aromatic heterocycles. The van der Waals surface area contributed by atoms with Gasteiger partial charge in [0, 0.05) is 30.3 Å². The maximum Gasteiger partial charge on any atom is 0.241 e. The molecule has 28 heavy (non-hydrogen) atoms. The molecule has 142 valence electrons. The van der Waals surface area contributed by atoms with E-state index in [-0.39, 0.29) is 6.04 Å². The van der Waals surface area contributed by atoms with Crippen LogP contribution in [0.2, 0.25) is 0 Å². The Morgan fingerprint density at radius 1 is 1.04 bits per heavy atom. The second-order valence-corrected chi connectivity index (χ2v) is 6.36. The van der Waals surface area contributed by atoms with Crippen molar-refractivity contribution in [2.75, 3.05) is 12.2 Å². The van der Waals surface area contributed by atoms with Crippen LogP contribution < -0.4 is 5.06 Å². The molecule has 4 rings (SSSR count). The molecule has 0 saturated carbocycles. The zero-order valence-electron chi connectivity index (χ0n) is 16.0. The third-order valence-corrected chi connectivity index (χ3v) is 4.31. The van der Waals surface area contributed by atoms with E-state index in [1.807, 2.05) is 32.0 Å². The van der Waals surface area contributed by atoms with Crippen LogP contribution in [0.5, 0.6) is 0 Å². The minimum atomic E-state index is -0.344. The van der Waals surface area contributed by atoms with Crippen LogP contribution in [0.3, 0.4) is 0 Å². The van der Waals surface area contributed by atoms with Gasteiger partial charge in [0.25, 0.3) is 0 Å². The van der Waals surface area contributed by atoms with Crippen molar-refractivity contribution in [1.82, 2.24) is 30.1 Å². The second kappa shape index (κ2) is 7.28. The van der Waals surface area contributed by atoms with Crippen LogP contribution in [-0.2, 0) is 4.84 Å². The summed E-state index contributed by atoms with van der Waals surface area (Å²) in [5.41, 5.74) is 2.64. The first-order valence-corrected chi connectivity index (χ1v) is 8.74. The molecule has 0 unspecified atom stereocenters. The molecule has 9 nitrogen and oxygen atoms in total. The molecule has 0 saturated heterocycles. The highest BCUT2D eigenvalue weighted by Gasteiger charge is 2.25. The number of hydrogen-bond donors (Lipinski definition) is 0. The van der Waals surface area contributed by atoms with Crippen molar-refractivity contribution in [1.29, 1.82) is 0 Å². The number of hydrogen-bond acceptors (Lipinski definition) is 9. The second-order valence-electron chi connectivity index (χ2n) is 6.36. The zero-order valence-corrected chi connectivity index (χ0v) is 16.0. The molecule has 0 aliphatic rings. The number of aromatic nitrogens is 6. The molecule has 4 aromatic rings. The van der Waals surface area contributed by atoms with Crippen molar-refractivity contribution < 1.29 is 9.25 Å². The Balaban J connectivity index is 1.81. The number of anilines is 1. The third kappa shape index (κ3) is 3.27. The van der Waals surface area contributed by atoms with Gasteiger partial charge in [0.1, 0.15) is 12.4 Å². The Hall–Kier alpha value is -3.46. The Morgan fingerprint density at radius 2 is 1.82 bits per heavy atom. The summed E-state index contributed by atoms with van der Waals surface area (Å²) < 4.78 is 5.56. The van der Waals surface area contributed by atoms with Crippen LogP contribution >= 0.6 is 0 Å². The predicted molar refractivity (Wildman–Crippen MR) is 102 cm³/mol. The molecule has 0 N–H and O–H groups in total. The standard InChI is InChI=1S/C19H19N7O2/c1-11-8-20-17(21-9-11)14-5-6-16-15(7-14)18(23-10-22-16)26(27-4)12(2)19-25-24-13(3)28-19/h5-10,12H,1-4H3/t12-/m1/s1. The summed E-state index contributed by atoms with van der Waals surface area (Å²) in [5.74, 6) is 2.14.